The van der Waals surface area contributed by atoms with Gasteiger partial charge in [-0.3, -0.25) is 9.97 Å². The Bertz CT molecular complexity index is 1100. The molecule has 3 fully saturated rings. The first-order valence-electron chi connectivity index (χ1n) is 10.9. The molecule has 0 aromatic carbocycles. The van der Waals surface area contributed by atoms with Crippen molar-refractivity contribution >= 4 is 5.95 Å². The second-order valence-electron chi connectivity index (χ2n) is 9.24. The summed E-state index contributed by atoms with van der Waals surface area (Å²) in [4.78, 5) is 19.7. The number of pyridine rings is 2. The summed E-state index contributed by atoms with van der Waals surface area (Å²) in [5, 5.41) is 0. The van der Waals surface area contributed by atoms with Crippen LogP contribution in [0.4, 0.5) is 10.3 Å². The Morgan fingerprint density at radius 3 is 2.58 bits per heavy atom. The molecule has 6 rings (SSSR count). The summed E-state index contributed by atoms with van der Waals surface area (Å²) in [5.74, 6) is 2.98. The second-order valence-corrected chi connectivity index (χ2v) is 9.24. The molecule has 3 aliphatic rings. The van der Waals surface area contributed by atoms with Crippen LogP contribution in [0.3, 0.4) is 0 Å². The van der Waals surface area contributed by atoms with Crippen molar-refractivity contribution in [1.29, 1.82) is 0 Å². The fourth-order valence-electron chi connectivity index (χ4n) is 5.02. The monoisotopic (exact) mass is 417 g/mol. The van der Waals surface area contributed by atoms with E-state index >= 15 is 0 Å². The highest BCUT2D eigenvalue weighted by Crippen LogP contribution is 2.63. The molecule has 2 saturated carbocycles. The lowest BCUT2D eigenvalue weighted by atomic mass is 10.1. The summed E-state index contributed by atoms with van der Waals surface area (Å²) in [7, 11) is 0. The van der Waals surface area contributed by atoms with Crippen LogP contribution < -0.4 is 9.64 Å². The van der Waals surface area contributed by atoms with Crippen molar-refractivity contribution in [2.45, 2.75) is 25.7 Å². The van der Waals surface area contributed by atoms with Crippen LogP contribution in [0.1, 0.15) is 31.2 Å². The summed E-state index contributed by atoms with van der Waals surface area (Å²) in [5.41, 5.74) is 2.53. The van der Waals surface area contributed by atoms with Crippen LogP contribution in [0.15, 0.2) is 49.2 Å². The molecule has 3 aromatic heterocycles. The first-order chi connectivity index (χ1) is 15.1. The normalized spacial score (nSPS) is 26.6. The van der Waals surface area contributed by atoms with Gasteiger partial charge in [-0.15, -0.1) is 0 Å². The van der Waals surface area contributed by atoms with E-state index in [1.54, 1.807) is 24.5 Å². The van der Waals surface area contributed by atoms with E-state index in [1.807, 2.05) is 18.5 Å². The maximum atomic E-state index is 13.9. The Morgan fingerprint density at radius 2 is 1.94 bits per heavy atom. The van der Waals surface area contributed by atoms with Crippen LogP contribution in [0, 0.1) is 23.1 Å². The SMILES string of the molecule is C[C@@]12CN(c3ncc(C4CC4)cn3)CC1[C@H]2COc1ccc(-c2ccncc2F)nc1. The van der Waals surface area contributed by atoms with Crippen molar-refractivity contribution < 1.29 is 9.13 Å². The number of fused-ring (bicyclic) bond motifs is 1. The Kier molecular flexibility index (Phi) is 4.20. The average Bonchev–Trinajstić information content (AvgIpc) is 3.70. The third-order valence-corrected chi connectivity index (χ3v) is 7.22. The molecule has 3 aromatic rings. The summed E-state index contributed by atoms with van der Waals surface area (Å²) in [6, 6.07) is 5.26. The van der Waals surface area contributed by atoms with Crippen LogP contribution in [0.5, 0.6) is 5.75 Å². The van der Waals surface area contributed by atoms with Gasteiger partial charge in [0.2, 0.25) is 5.95 Å². The van der Waals surface area contributed by atoms with Crippen molar-refractivity contribution in [2.24, 2.45) is 17.3 Å². The highest BCUT2D eigenvalue weighted by atomic mass is 19.1. The van der Waals surface area contributed by atoms with E-state index in [1.165, 1.54) is 24.6 Å². The molecule has 1 unspecified atom stereocenters. The van der Waals surface area contributed by atoms with Crippen molar-refractivity contribution in [3.8, 4) is 17.0 Å². The molecule has 0 radical (unpaired) electrons. The van der Waals surface area contributed by atoms with Gasteiger partial charge in [0, 0.05) is 43.2 Å². The van der Waals surface area contributed by atoms with Gasteiger partial charge in [-0.05, 0) is 53.9 Å². The zero-order valence-electron chi connectivity index (χ0n) is 17.4. The van der Waals surface area contributed by atoms with E-state index in [-0.39, 0.29) is 11.2 Å². The fourth-order valence-corrected chi connectivity index (χ4v) is 5.02. The van der Waals surface area contributed by atoms with Gasteiger partial charge in [-0.25, -0.2) is 14.4 Å². The lowest BCUT2D eigenvalue weighted by molar-refractivity contribution is 0.269. The van der Waals surface area contributed by atoms with E-state index in [0.29, 0.717) is 41.4 Å². The van der Waals surface area contributed by atoms with Crippen LogP contribution in [-0.2, 0) is 0 Å². The predicted molar refractivity (Wildman–Crippen MR) is 114 cm³/mol. The van der Waals surface area contributed by atoms with Crippen molar-refractivity contribution in [3.05, 3.63) is 60.6 Å². The topological polar surface area (TPSA) is 64.0 Å². The lowest BCUT2D eigenvalue weighted by Crippen LogP contribution is -2.29. The third-order valence-electron chi connectivity index (χ3n) is 7.22. The number of halogens is 1. The van der Waals surface area contributed by atoms with Gasteiger partial charge >= 0.3 is 0 Å². The zero-order valence-corrected chi connectivity index (χ0v) is 17.4. The third kappa shape index (κ3) is 3.32. The van der Waals surface area contributed by atoms with Gasteiger partial charge in [0.1, 0.15) is 5.75 Å². The number of aromatic nitrogens is 4. The van der Waals surface area contributed by atoms with Gasteiger partial charge in [0.15, 0.2) is 5.82 Å². The van der Waals surface area contributed by atoms with E-state index in [4.69, 9.17) is 4.74 Å². The fraction of sp³-hybridized carbons (Fsp3) is 0.417. The number of rotatable bonds is 6. The predicted octanol–water partition coefficient (Wildman–Crippen LogP) is 4.10. The number of piperidine rings is 1. The number of nitrogens with zero attached hydrogens (tertiary/aromatic N) is 5. The lowest BCUT2D eigenvalue weighted by Gasteiger charge is -2.22. The smallest absolute Gasteiger partial charge is 0.225 e. The molecule has 0 spiro atoms. The van der Waals surface area contributed by atoms with Gasteiger partial charge < -0.3 is 9.64 Å². The molecule has 7 heteroatoms. The Hall–Kier alpha value is -3.09. The molecule has 31 heavy (non-hydrogen) atoms. The number of ether oxygens (including phenoxy) is 1. The molecule has 1 aliphatic heterocycles. The van der Waals surface area contributed by atoms with Crippen molar-refractivity contribution in [3.63, 3.8) is 0 Å². The molecule has 6 nitrogen and oxygen atoms in total. The molecule has 1 saturated heterocycles. The summed E-state index contributed by atoms with van der Waals surface area (Å²) in [6.07, 6.45) is 11.0. The first-order valence-corrected chi connectivity index (χ1v) is 10.9. The Morgan fingerprint density at radius 1 is 1.10 bits per heavy atom. The molecule has 3 atom stereocenters. The van der Waals surface area contributed by atoms with Crippen molar-refractivity contribution in [1.82, 2.24) is 19.9 Å². The molecular weight excluding hydrogens is 393 g/mol. The van der Waals surface area contributed by atoms with Gasteiger partial charge in [0.05, 0.1) is 24.7 Å². The van der Waals surface area contributed by atoms with E-state index < -0.39 is 0 Å². The molecule has 0 bridgehead atoms. The van der Waals surface area contributed by atoms with Crippen LogP contribution in [0.2, 0.25) is 0 Å². The standard InChI is InChI=1S/C24H24FN5O/c1-24-14-30(23-28-8-16(9-29-23)15-2-3-15)12-19(24)20(24)13-31-17-4-5-22(27-10-17)18-6-7-26-11-21(18)25/h4-11,15,19-20H,2-3,12-14H2,1H3/t19?,20-,24-/m1/s1. The maximum absolute atomic E-state index is 13.9. The molecular formula is C24H24FN5O. The van der Waals surface area contributed by atoms with Gasteiger partial charge in [0.25, 0.3) is 0 Å². The molecule has 0 N–H and O–H groups in total. The minimum absolute atomic E-state index is 0.242. The zero-order chi connectivity index (χ0) is 21.0. The number of hydrogen-bond donors (Lipinski definition) is 0. The maximum Gasteiger partial charge on any atom is 0.225 e. The van der Waals surface area contributed by atoms with Crippen LogP contribution in [0.25, 0.3) is 11.3 Å². The largest absolute Gasteiger partial charge is 0.492 e. The minimum Gasteiger partial charge on any atom is -0.492 e. The van der Waals surface area contributed by atoms with Gasteiger partial charge in [-0.1, -0.05) is 6.92 Å². The van der Waals surface area contributed by atoms with E-state index in [0.717, 1.165) is 19.0 Å². The number of hydrogen-bond acceptors (Lipinski definition) is 6. The van der Waals surface area contributed by atoms with E-state index in [9.17, 15) is 4.39 Å². The van der Waals surface area contributed by atoms with E-state index in [2.05, 4.69) is 31.8 Å². The molecule has 0 amide bonds. The first kappa shape index (κ1) is 18.7. The highest BCUT2D eigenvalue weighted by Gasteiger charge is 2.66. The highest BCUT2D eigenvalue weighted by molar-refractivity contribution is 5.59. The molecule has 2 aliphatic carbocycles. The Labute approximate surface area is 180 Å². The molecule has 4 heterocycles. The summed E-state index contributed by atoms with van der Waals surface area (Å²) in [6.45, 7) is 4.94. The van der Waals surface area contributed by atoms with Crippen molar-refractivity contribution in [2.75, 3.05) is 24.6 Å². The quantitative estimate of drug-likeness (QED) is 0.602. The average molecular weight is 417 g/mol. The summed E-state index contributed by atoms with van der Waals surface area (Å²) < 4.78 is 19.9. The Balaban J connectivity index is 1.05. The summed E-state index contributed by atoms with van der Waals surface area (Å²) >= 11 is 0. The molecule has 158 valence electrons. The second kappa shape index (κ2) is 6.97. The van der Waals surface area contributed by atoms with Gasteiger partial charge in [-0.2, -0.15) is 0 Å². The van der Waals surface area contributed by atoms with Crippen LogP contribution in [-0.4, -0.2) is 39.6 Å². The number of anilines is 1. The van der Waals surface area contributed by atoms with Crippen LogP contribution >= 0.6 is 0 Å². The minimum atomic E-state index is -0.377.